The van der Waals surface area contributed by atoms with Gasteiger partial charge in [-0.25, -0.2) is 4.39 Å². The SMILES string of the molecule is CCOC(C)(C)CNCc1cc(F)cc(C#N)c1. The number of rotatable bonds is 6. The molecular formula is C14H19FN2O. The molecule has 0 amide bonds. The van der Waals surface area contributed by atoms with Gasteiger partial charge in [-0.1, -0.05) is 0 Å². The van der Waals surface area contributed by atoms with Crippen LogP contribution in [0.3, 0.4) is 0 Å². The summed E-state index contributed by atoms with van der Waals surface area (Å²) in [5.41, 5.74) is 0.856. The van der Waals surface area contributed by atoms with Crippen molar-refractivity contribution in [1.29, 1.82) is 5.26 Å². The molecule has 3 nitrogen and oxygen atoms in total. The van der Waals surface area contributed by atoms with E-state index in [-0.39, 0.29) is 11.4 Å². The summed E-state index contributed by atoms with van der Waals surface area (Å²) in [6.45, 7) is 7.79. The Bertz CT molecular complexity index is 438. The number of hydrogen-bond donors (Lipinski definition) is 1. The first kappa shape index (κ1) is 14.6. The van der Waals surface area contributed by atoms with E-state index >= 15 is 0 Å². The van der Waals surface area contributed by atoms with Crippen molar-refractivity contribution in [2.45, 2.75) is 32.9 Å². The van der Waals surface area contributed by atoms with Gasteiger partial charge < -0.3 is 10.1 Å². The number of nitrogens with one attached hydrogen (secondary N) is 1. The Balaban J connectivity index is 2.54. The van der Waals surface area contributed by atoms with Crippen molar-refractivity contribution in [2.75, 3.05) is 13.2 Å². The summed E-state index contributed by atoms with van der Waals surface area (Å²) in [5.74, 6) is -0.380. The molecule has 0 aliphatic carbocycles. The molecule has 0 atom stereocenters. The van der Waals surface area contributed by atoms with Gasteiger partial charge in [-0.2, -0.15) is 5.26 Å². The highest BCUT2D eigenvalue weighted by Crippen LogP contribution is 2.10. The van der Waals surface area contributed by atoms with E-state index in [9.17, 15) is 4.39 Å². The van der Waals surface area contributed by atoms with E-state index in [0.29, 0.717) is 25.3 Å². The fraction of sp³-hybridized carbons (Fsp3) is 0.500. The average Bonchev–Trinajstić information content (AvgIpc) is 2.27. The van der Waals surface area contributed by atoms with Crippen LogP contribution in [-0.2, 0) is 11.3 Å². The van der Waals surface area contributed by atoms with E-state index in [4.69, 9.17) is 10.00 Å². The highest BCUT2D eigenvalue weighted by molar-refractivity contribution is 5.33. The zero-order valence-corrected chi connectivity index (χ0v) is 11.1. The number of halogens is 1. The fourth-order valence-electron chi connectivity index (χ4n) is 1.77. The molecule has 18 heavy (non-hydrogen) atoms. The fourth-order valence-corrected chi connectivity index (χ4v) is 1.77. The van der Waals surface area contributed by atoms with Gasteiger partial charge in [0.1, 0.15) is 5.82 Å². The van der Waals surface area contributed by atoms with Gasteiger partial charge in [0.15, 0.2) is 0 Å². The minimum atomic E-state index is -0.380. The Morgan fingerprint density at radius 1 is 1.39 bits per heavy atom. The Morgan fingerprint density at radius 2 is 2.11 bits per heavy atom. The van der Waals surface area contributed by atoms with Crippen LogP contribution in [0.15, 0.2) is 18.2 Å². The molecule has 0 saturated carbocycles. The number of nitrogens with zero attached hydrogens (tertiary/aromatic N) is 1. The number of benzene rings is 1. The maximum atomic E-state index is 13.2. The van der Waals surface area contributed by atoms with Crippen molar-refractivity contribution in [1.82, 2.24) is 5.32 Å². The summed E-state index contributed by atoms with van der Waals surface area (Å²) in [7, 11) is 0. The van der Waals surface area contributed by atoms with Crippen LogP contribution in [0.2, 0.25) is 0 Å². The quantitative estimate of drug-likeness (QED) is 0.844. The van der Waals surface area contributed by atoms with Gasteiger partial charge in [0.25, 0.3) is 0 Å². The zero-order chi connectivity index (χ0) is 13.6. The van der Waals surface area contributed by atoms with Crippen LogP contribution >= 0.6 is 0 Å². The third-order valence-electron chi connectivity index (χ3n) is 2.50. The van der Waals surface area contributed by atoms with Gasteiger partial charge in [0.05, 0.1) is 17.2 Å². The zero-order valence-electron chi connectivity index (χ0n) is 11.1. The van der Waals surface area contributed by atoms with Crippen LogP contribution in [0.5, 0.6) is 0 Å². The predicted molar refractivity (Wildman–Crippen MR) is 68.5 cm³/mol. The van der Waals surface area contributed by atoms with Gasteiger partial charge in [-0.05, 0) is 44.5 Å². The Hall–Kier alpha value is -1.44. The Labute approximate surface area is 108 Å². The molecule has 0 aliphatic heterocycles. The van der Waals surface area contributed by atoms with E-state index in [0.717, 1.165) is 5.56 Å². The van der Waals surface area contributed by atoms with Crippen molar-refractivity contribution in [2.24, 2.45) is 0 Å². The lowest BCUT2D eigenvalue weighted by Crippen LogP contribution is -2.37. The normalized spacial score (nSPS) is 11.3. The first-order chi connectivity index (χ1) is 8.46. The van der Waals surface area contributed by atoms with Crippen LogP contribution < -0.4 is 5.32 Å². The van der Waals surface area contributed by atoms with Crippen molar-refractivity contribution in [3.05, 3.63) is 35.1 Å². The maximum Gasteiger partial charge on any atom is 0.124 e. The van der Waals surface area contributed by atoms with Crippen molar-refractivity contribution in [3.63, 3.8) is 0 Å². The van der Waals surface area contributed by atoms with Gasteiger partial charge >= 0.3 is 0 Å². The standard InChI is InChI=1S/C14H19FN2O/c1-4-18-14(2,3)10-17-9-12-5-11(8-16)6-13(15)7-12/h5-7,17H,4,9-10H2,1-3H3. The molecule has 0 radical (unpaired) electrons. The number of nitriles is 1. The van der Waals surface area contributed by atoms with Gasteiger partial charge in [-0.3, -0.25) is 0 Å². The van der Waals surface area contributed by atoms with Crippen molar-refractivity contribution in [3.8, 4) is 6.07 Å². The van der Waals surface area contributed by atoms with Crippen LogP contribution in [0.4, 0.5) is 4.39 Å². The third-order valence-corrected chi connectivity index (χ3v) is 2.50. The topological polar surface area (TPSA) is 45.0 Å². The minimum Gasteiger partial charge on any atom is -0.375 e. The molecule has 0 heterocycles. The summed E-state index contributed by atoms with van der Waals surface area (Å²) in [4.78, 5) is 0. The molecule has 98 valence electrons. The van der Waals surface area contributed by atoms with Crippen molar-refractivity contribution < 1.29 is 9.13 Å². The lowest BCUT2D eigenvalue weighted by molar-refractivity contribution is -0.00897. The van der Waals surface area contributed by atoms with E-state index < -0.39 is 0 Å². The third kappa shape index (κ3) is 4.82. The first-order valence-electron chi connectivity index (χ1n) is 6.01. The minimum absolute atomic E-state index is 0.250. The molecule has 0 aromatic heterocycles. The largest absolute Gasteiger partial charge is 0.375 e. The molecule has 1 aromatic rings. The summed E-state index contributed by atoms with van der Waals surface area (Å²) in [5, 5.41) is 12.0. The molecule has 0 aliphatic rings. The first-order valence-corrected chi connectivity index (χ1v) is 6.01. The number of hydrogen-bond acceptors (Lipinski definition) is 3. The lowest BCUT2D eigenvalue weighted by atomic mass is 10.1. The number of ether oxygens (including phenoxy) is 1. The predicted octanol–water partition coefficient (Wildman–Crippen LogP) is 2.60. The van der Waals surface area contributed by atoms with E-state index in [2.05, 4.69) is 5.32 Å². The van der Waals surface area contributed by atoms with E-state index in [1.165, 1.54) is 12.1 Å². The molecule has 0 unspecified atom stereocenters. The Kier molecular flexibility index (Phi) is 5.26. The molecule has 0 fully saturated rings. The van der Waals surface area contributed by atoms with Gasteiger partial charge in [-0.15, -0.1) is 0 Å². The van der Waals surface area contributed by atoms with Gasteiger partial charge in [0.2, 0.25) is 0 Å². The van der Waals surface area contributed by atoms with E-state index in [1.807, 2.05) is 26.8 Å². The molecule has 0 saturated heterocycles. The molecule has 1 N–H and O–H groups in total. The summed E-state index contributed by atoms with van der Waals surface area (Å²) < 4.78 is 18.7. The second kappa shape index (κ2) is 6.48. The molecule has 1 rings (SSSR count). The highest BCUT2D eigenvalue weighted by atomic mass is 19.1. The summed E-state index contributed by atoms with van der Waals surface area (Å²) in [6, 6.07) is 6.29. The maximum absolute atomic E-state index is 13.2. The molecule has 4 heteroatoms. The second-order valence-electron chi connectivity index (χ2n) is 4.76. The summed E-state index contributed by atoms with van der Waals surface area (Å²) in [6.07, 6.45) is 0. The van der Waals surface area contributed by atoms with Crippen LogP contribution in [0.25, 0.3) is 0 Å². The van der Waals surface area contributed by atoms with Crippen molar-refractivity contribution >= 4 is 0 Å². The molecular weight excluding hydrogens is 231 g/mol. The van der Waals surface area contributed by atoms with E-state index in [1.54, 1.807) is 6.07 Å². The molecule has 1 aromatic carbocycles. The van der Waals surface area contributed by atoms with Crippen LogP contribution in [0.1, 0.15) is 31.9 Å². The van der Waals surface area contributed by atoms with Crippen LogP contribution in [-0.4, -0.2) is 18.8 Å². The average molecular weight is 250 g/mol. The Morgan fingerprint density at radius 3 is 2.72 bits per heavy atom. The smallest absolute Gasteiger partial charge is 0.124 e. The molecule has 0 bridgehead atoms. The summed E-state index contributed by atoms with van der Waals surface area (Å²) >= 11 is 0. The van der Waals surface area contributed by atoms with Crippen LogP contribution in [0, 0.1) is 17.1 Å². The second-order valence-corrected chi connectivity index (χ2v) is 4.76. The lowest BCUT2D eigenvalue weighted by Gasteiger charge is -2.25. The monoisotopic (exact) mass is 250 g/mol. The highest BCUT2D eigenvalue weighted by Gasteiger charge is 2.16. The molecule has 0 spiro atoms. The van der Waals surface area contributed by atoms with Gasteiger partial charge in [0, 0.05) is 19.7 Å².